The summed E-state index contributed by atoms with van der Waals surface area (Å²) < 4.78 is 4.48. The minimum absolute atomic E-state index is 0.0178. The molecule has 3 N–H and O–H groups in total. The highest BCUT2D eigenvalue weighted by Gasteiger charge is 2.25. The van der Waals surface area contributed by atoms with Crippen LogP contribution in [0.15, 0.2) is 6.20 Å². The molecule has 1 unspecified atom stereocenters. The molecule has 16 heavy (non-hydrogen) atoms. The van der Waals surface area contributed by atoms with Gasteiger partial charge in [-0.2, -0.15) is 5.10 Å². The minimum atomic E-state index is -0.571. The highest BCUT2D eigenvalue weighted by Crippen LogP contribution is 2.25. The maximum absolute atomic E-state index is 11.1. The molecule has 1 aromatic rings. The van der Waals surface area contributed by atoms with Gasteiger partial charge < -0.3 is 10.5 Å². The van der Waals surface area contributed by atoms with Crippen molar-refractivity contribution in [2.75, 3.05) is 13.7 Å². The van der Waals surface area contributed by atoms with Gasteiger partial charge in [0.05, 0.1) is 18.5 Å². The third-order valence-corrected chi connectivity index (χ3v) is 2.18. The van der Waals surface area contributed by atoms with Crippen molar-refractivity contribution in [2.45, 2.75) is 12.3 Å². The van der Waals surface area contributed by atoms with E-state index in [4.69, 9.17) is 5.73 Å². The van der Waals surface area contributed by atoms with Gasteiger partial charge in [-0.1, -0.05) is 0 Å². The summed E-state index contributed by atoms with van der Waals surface area (Å²) in [5.74, 6) is -0.963. The van der Waals surface area contributed by atoms with E-state index in [0.29, 0.717) is 0 Å². The SMILES string of the molecule is COC(=O)CC(CN)c1[nH]ncc1[N+](=O)[O-]. The van der Waals surface area contributed by atoms with E-state index in [2.05, 4.69) is 14.9 Å². The molecular weight excluding hydrogens is 216 g/mol. The summed E-state index contributed by atoms with van der Waals surface area (Å²) in [5, 5.41) is 16.7. The van der Waals surface area contributed by atoms with Crippen LogP contribution in [0.1, 0.15) is 18.0 Å². The Balaban J connectivity index is 2.90. The number of methoxy groups -OCH3 is 1. The highest BCUT2D eigenvalue weighted by molar-refractivity contribution is 5.70. The summed E-state index contributed by atoms with van der Waals surface area (Å²) in [7, 11) is 1.25. The molecule has 0 radical (unpaired) electrons. The van der Waals surface area contributed by atoms with E-state index in [1.165, 1.54) is 7.11 Å². The quantitative estimate of drug-likeness (QED) is 0.412. The fraction of sp³-hybridized carbons (Fsp3) is 0.500. The molecular formula is C8H12N4O4. The normalized spacial score (nSPS) is 12.1. The zero-order valence-electron chi connectivity index (χ0n) is 8.67. The van der Waals surface area contributed by atoms with Crippen molar-refractivity contribution in [2.24, 2.45) is 5.73 Å². The number of carbonyl (C=O) groups excluding carboxylic acids is 1. The number of hydrogen-bond donors (Lipinski definition) is 2. The van der Waals surface area contributed by atoms with E-state index >= 15 is 0 Å². The molecule has 8 heteroatoms. The molecule has 0 aromatic carbocycles. The van der Waals surface area contributed by atoms with Crippen LogP contribution in [0.2, 0.25) is 0 Å². The highest BCUT2D eigenvalue weighted by atomic mass is 16.6. The summed E-state index contributed by atoms with van der Waals surface area (Å²) in [4.78, 5) is 21.2. The number of esters is 1. The molecule has 1 aromatic heterocycles. The second-order valence-corrected chi connectivity index (χ2v) is 3.14. The average molecular weight is 228 g/mol. The van der Waals surface area contributed by atoms with Crippen LogP contribution in [-0.2, 0) is 9.53 Å². The van der Waals surface area contributed by atoms with E-state index in [1.54, 1.807) is 0 Å². The van der Waals surface area contributed by atoms with Crippen molar-refractivity contribution >= 4 is 11.7 Å². The van der Waals surface area contributed by atoms with Crippen LogP contribution in [0.25, 0.3) is 0 Å². The van der Waals surface area contributed by atoms with Crippen molar-refractivity contribution in [3.05, 3.63) is 22.0 Å². The number of nitrogens with zero attached hydrogens (tertiary/aromatic N) is 2. The molecule has 0 aliphatic rings. The predicted molar refractivity (Wildman–Crippen MR) is 53.7 cm³/mol. The average Bonchev–Trinajstić information content (AvgIpc) is 2.74. The van der Waals surface area contributed by atoms with Crippen LogP contribution >= 0.6 is 0 Å². The number of nitrogens with two attached hydrogens (primary N) is 1. The molecule has 0 saturated heterocycles. The molecule has 0 bridgehead atoms. The summed E-state index contributed by atoms with van der Waals surface area (Å²) in [6, 6.07) is 0. The standard InChI is InChI=1S/C8H12N4O4/c1-16-7(13)2-5(3-9)8-6(12(14)15)4-10-11-8/h4-5H,2-3,9H2,1H3,(H,10,11). The first-order valence-electron chi connectivity index (χ1n) is 4.54. The van der Waals surface area contributed by atoms with Gasteiger partial charge in [-0.3, -0.25) is 20.0 Å². The maximum atomic E-state index is 11.1. The van der Waals surface area contributed by atoms with Gasteiger partial charge in [0.1, 0.15) is 11.9 Å². The van der Waals surface area contributed by atoms with E-state index in [0.717, 1.165) is 6.20 Å². The molecule has 1 heterocycles. The molecule has 0 fully saturated rings. The zero-order chi connectivity index (χ0) is 12.1. The van der Waals surface area contributed by atoms with Gasteiger partial charge in [0.15, 0.2) is 0 Å². The second-order valence-electron chi connectivity index (χ2n) is 3.14. The van der Waals surface area contributed by atoms with Crippen LogP contribution in [0.5, 0.6) is 0 Å². The predicted octanol–water partition coefficient (Wildman–Crippen LogP) is -0.0767. The van der Waals surface area contributed by atoms with Gasteiger partial charge in [-0.15, -0.1) is 0 Å². The smallest absolute Gasteiger partial charge is 0.310 e. The number of aromatic nitrogens is 2. The topological polar surface area (TPSA) is 124 Å². The van der Waals surface area contributed by atoms with E-state index < -0.39 is 16.8 Å². The lowest BCUT2D eigenvalue weighted by atomic mass is 10.0. The number of ether oxygens (including phenoxy) is 1. The number of nitro groups is 1. The van der Waals surface area contributed by atoms with Crippen molar-refractivity contribution in [3.63, 3.8) is 0 Å². The number of carbonyl (C=O) groups is 1. The Morgan fingerprint density at radius 1 is 1.81 bits per heavy atom. The summed E-state index contributed by atoms with van der Waals surface area (Å²) in [6.07, 6.45) is 1.07. The first-order valence-corrected chi connectivity index (χ1v) is 4.54. The Labute approximate surface area is 90.9 Å². The number of H-pyrrole nitrogens is 1. The number of hydrogen-bond acceptors (Lipinski definition) is 6. The van der Waals surface area contributed by atoms with Crippen LogP contribution in [0, 0.1) is 10.1 Å². The lowest BCUT2D eigenvalue weighted by Crippen LogP contribution is -2.18. The Kier molecular flexibility index (Phi) is 3.95. The van der Waals surface area contributed by atoms with Crippen LogP contribution in [-0.4, -0.2) is 34.7 Å². The zero-order valence-corrected chi connectivity index (χ0v) is 8.67. The molecule has 1 atom stereocenters. The maximum Gasteiger partial charge on any atom is 0.310 e. The third kappa shape index (κ3) is 2.54. The van der Waals surface area contributed by atoms with Gasteiger partial charge in [0.25, 0.3) is 0 Å². The molecule has 0 saturated carbocycles. The molecule has 88 valence electrons. The largest absolute Gasteiger partial charge is 0.469 e. The van der Waals surface area contributed by atoms with Crippen molar-refractivity contribution < 1.29 is 14.5 Å². The van der Waals surface area contributed by atoms with Gasteiger partial charge in [-0.25, -0.2) is 0 Å². The molecule has 0 spiro atoms. The lowest BCUT2D eigenvalue weighted by molar-refractivity contribution is -0.385. The van der Waals surface area contributed by atoms with Gasteiger partial charge >= 0.3 is 11.7 Å². The van der Waals surface area contributed by atoms with Crippen LogP contribution in [0.3, 0.4) is 0 Å². The Bertz CT molecular complexity index is 389. The summed E-state index contributed by atoms with van der Waals surface area (Å²) in [6.45, 7) is 0.0954. The number of rotatable bonds is 5. The molecule has 0 aliphatic heterocycles. The molecule has 1 rings (SSSR count). The van der Waals surface area contributed by atoms with Crippen LogP contribution < -0.4 is 5.73 Å². The van der Waals surface area contributed by atoms with Crippen molar-refractivity contribution in [1.82, 2.24) is 10.2 Å². The first-order chi connectivity index (χ1) is 7.60. The summed E-state index contributed by atoms with van der Waals surface area (Å²) in [5.41, 5.74) is 5.54. The summed E-state index contributed by atoms with van der Waals surface area (Å²) >= 11 is 0. The first kappa shape index (κ1) is 12.1. The fourth-order valence-corrected chi connectivity index (χ4v) is 1.32. The van der Waals surface area contributed by atoms with E-state index in [9.17, 15) is 14.9 Å². The molecule has 0 amide bonds. The monoisotopic (exact) mass is 228 g/mol. The van der Waals surface area contributed by atoms with Gasteiger partial charge in [0, 0.05) is 12.5 Å². The molecule has 8 nitrogen and oxygen atoms in total. The van der Waals surface area contributed by atoms with Crippen molar-refractivity contribution in [3.8, 4) is 0 Å². The Hall–Kier alpha value is -1.96. The Morgan fingerprint density at radius 2 is 2.50 bits per heavy atom. The van der Waals surface area contributed by atoms with Gasteiger partial charge in [0.2, 0.25) is 0 Å². The van der Waals surface area contributed by atoms with Gasteiger partial charge in [-0.05, 0) is 0 Å². The molecule has 0 aliphatic carbocycles. The number of aromatic amines is 1. The van der Waals surface area contributed by atoms with Crippen LogP contribution in [0.4, 0.5) is 5.69 Å². The van der Waals surface area contributed by atoms with E-state index in [-0.39, 0.29) is 24.3 Å². The number of nitrogens with one attached hydrogen (secondary N) is 1. The third-order valence-electron chi connectivity index (χ3n) is 2.18. The van der Waals surface area contributed by atoms with Crippen molar-refractivity contribution in [1.29, 1.82) is 0 Å². The fourth-order valence-electron chi connectivity index (χ4n) is 1.32. The minimum Gasteiger partial charge on any atom is -0.469 e. The second kappa shape index (κ2) is 5.21. The lowest BCUT2D eigenvalue weighted by Gasteiger charge is -2.10. The Morgan fingerprint density at radius 3 is 3.00 bits per heavy atom. The van der Waals surface area contributed by atoms with E-state index in [1.807, 2.05) is 0 Å².